The summed E-state index contributed by atoms with van der Waals surface area (Å²) in [5.41, 5.74) is 3.45. The zero-order chi connectivity index (χ0) is 24.8. The Kier molecular flexibility index (Phi) is 5.59. The van der Waals surface area contributed by atoms with Gasteiger partial charge in [0.2, 0.25) is 5.13 Å². The minimum atomic E-state index is -0.203. The molecule has 36 heavy (non-hydrogen) atoms. The van der Waals surface area contributed by atoms with E-state index in [1.165, 1.54) is 11.3 Å². The van der Waals surface area contributed by atoms with Crippen molar-refractivity contribution in [2.75, 3.05) is 0 Å². The lowest BCUT2D eigenvalue weighted by Crippen LogP contribution is -2.24. The van der Waals surface area contributed by atoms with E-state index in [-0.39, 0.29) is 17.7 Å². The third-order valence-corrected chi connectivity index (χ3v) is 7.78. The zero-order valence-corrected chi connectivity index (χ0v) is 21.0. The first-order chi connectivity index (χ1) is 17.5. The van der Waals surface area contributed by atoms with Gasteiger partial charge in [-0.2, -0.15) is 4.68 Å². The normalized spacial score (nSPS) is 11.5. The van der Waals surface area contributed by atoms with E-state index in [0.717, 1.165) is 21.3 Å². The first-order valence-corrected chi connectivity index (χ1v) is 12.7. The summed E-state index contributed by atoms with van der Waals surface area (Å²) in [7, 11) is 0. The van der Waals surface area contributed by atoms with Crippen LogP contribution in [0.2, 0.25) is 5.02 Å². The molecule has 3 heterocycles. The molecular formula is C28H21ClN4O2S. The Morgan fingerprint density at radius 1 is 0.889 bits per heavy atom. The number of para-hydroxylation sites is 1. The Morgan fingerprint density at radius 2 is 1.61 bits per heavy atom. The van der Waals surface area contributed by atoms with Crippen LogP contribution in [0.1, 0.15) is 16.8 Å². The van der Waals surface area contributed by atoms with Crippen molar-refractivity contribution in [2.45, 2.75) is 20.0 Å². The maximum absolute atomic E-state index is 14.0. The van der Waals surface area contributed by atoms with Crippen molar-refractivity contribution in [3.05, 3.63) is 127 Å². The molecule has 3 aromatic heterocycles. The van der Waals surface area contributed by atoms with Crippen LogP contribution in [0.5, 0.6) is 0 Å². The molecule has 0 aliphatic heterocycles. The first kappa shape index (κ1) is 22.5. The molecule has 0 bridgehead atoms. The molecule has 0 N–H and O–H groups in total. The van der Waals surface area contributed by atoms with E-state index < -0.39 is 0 Å². The molecule has 0 amide bonds. The fraction of sp³-hybridized carbons (Fsp3) is 0.107. The number of rotatable bonds is 5. The minimum Gasteiger partial charge on any atom is -0.308 e. The van der Waals surface area contributed by atoms with E-state index >= 15 is 0 Å². The maximum atomic E-state index is 14.0. The van der Waals surface area contributed by atoms with E-state index in [0.29, 0.717) is 33.3 Å². The Labute approximate surface area is 215 Å². The third-order valence-electron chi connectivity index (χ3n) is 6.40. The Morgan fingerprint density at radius 3 is 2.39 bits per heavy atom. The van der Waals surface area contributed by atoms with Crippen molar-refractivity contribution < 1.29 is 0 Å². The average Bonchev–Trinajstić information content (AvgIpc) is 3.42. The molecule has 0 spiro atoms. The molecule has 6 aromatic rings. The van der Waals surface area contributed by atoms with Crippen molar-refractivity contribution in [3.63, 3.8) is 0 Å². The number of fused-ring (bicyclic) bond motifs is 2. The van der Waals surface area contributed by atoms with Crippen molar-refractivity contribution in [1.29, 1.82) is 0 Å². The lowest BCUT2D eigenvalue weighted by molar-refractivity contribution is 0.610. The standard InChI is InChI=1S/C28H21ClN4O2S/c1-18-26-23(15-25(34)31(18)17-20-11-5-6-12-21(20)29)32(16-19-9-3-2-4-10-19)33(27(26)35)28-30-22-13-7-8-14-24(22)36-28/h2-15H,16-17H2,1H3. The molecule has 8 heteroatoms. The molecule has 0 fully saturated rings. The predicted octanol–water partition coefficient (Wildman–Crippen LogP) is 5.62. The molecule has 6 nitrogen and oxygen atoms in total. The van der Waals surface area contributed by atoms with Gasteiger partial charge in [0.05, 0.1) is 34.2 Å². The van der Waals surface area contributed by atoms with E-state index in [1.54, 1.807) is 21.4 Å². The molecule has 0 saturated carbocycles. The minimum absolute atomic E-state index is 0.191. The number of hydrogen-bond donors (Lipinski definition) is 0. The molecule has 0 radical (unpaired) electrons. The largest absolute Gasteiger partial charge is 0.308 e. The van der Waals surface area contributed by atoms with Crippen LogP contribution < -0.4 is 11.1 Å². The van der Waals surface area contributed by atoms with Gasteiger partial charge in [0.25, 0.3) is 11.1 Å². The van der Waals surface area contributed by atoms with Crippen molar-refractivity contribution in [2.24, 2.45) is 0 Å². The molecule has 0 aliphatic rings. The highest BCUT2D eigenvalue weighted by atomic mass is 35.5. The summed E-state index contributed by atoms with van der Waals surface area (Å²) in [5, 5.41) is 1.65. The van der Waals surface area contributed by atoms with Gasteiger partial charge < -0.3 is 4.57 Å². The summed E-state index contributed by atoms with van der Waals surface area (Å²) in [6.07, 6.45) is 0. The molecule has 0 aliphatic carbocycles. The first-order valence-electron chi connectivity index (χ1n) is 11.5. The third kappa shape index (κ3) is 3.77. The highest BCUT2D eigenvalue weighted by Crippen LogP contribution is 2.26. The van der Waals surface area contributed by atoms with E-state index in [1.807, 2.05) is 84.4 Å². The van der Waals surface area contributed by atoms with Crippen LogP contribution in [0.4, 0.5) is 0 Å². The highest BCUT2D eigenvalue weighted by molar-refractivity contribution is 7.20. The number of nitrogens with zero attached hydrogens (tertiary/aromatic N) is 4. The van der Waals surface area contributed by atoms with Crippen LogP contribution >= 0.6 is 22.9 Å². The van der Waals surface area contributed by atoms with Gasteiger partial charge in [-0.1, -0.05) is 83.6 Å². The molecule has 178 valence electrons. The van der Waals surface area contributed by atoms with Gasteiger partial charge in [0.1, 0.15) is 0 Å². The van der Waals surface area contributed by atoms with Gasteiger partial charge in [0.15, 0.2) is 0 Å². The second kappa shape index (κ2) is 8.93. The summed E-state index contributed by atoms with van der Waals surface area (Å²) in [6, 6.07) is 26.7. The Balaban J connectivity index is 1.62. The summed E-state index contributed by atoms with van der Waals surface area (Å²) in [4.78, 5) is 32.1. The number of thiazole rings is 1. The topological polar surface area (TPSA) is 61.8 Å². The Bertz CT molecular complexity index is 1830. The van der Waals surface area contributed by atoms with Gasteiger partial charge in [-0.15, -0.1) is 0 Å². The van der Waals surface area contributed by atoms with E-state index in [2.05, 4.69) is 0 Å². The number of hydrogen-bond acceptors (Lipinski definition) is 4. The summed E-state index contributed by atoms with van der Waals surface area (Å²) in [6.45, 7) is 2.52. The maximum Gasteiger partial charge on any atom is 0.283 e. The van der Waals surface area contributed by atoms with Crippen molar-refractivity contribution in [3.8, 4) is 5.13 Å². The number of pyridine rings is 1. The lowest BCUT2D eigenvalue weighted by Gasteiger charge is -2.13. The van der Waals surface area contributed by atoms with Gasteiger partial charge in [-0.05, 0) is 36.2 Å². The summed E-state index contributed by atoms with van der Waals surface area (Å²) < 4.78 is 6.07. The van der Waals surface area contributed by atoms with Crippen LogP contribution in [0.15, 0.2) is 94.5 Å². The van der Waals surface area contributed by atoms with Crippen LogP contribution in [0.25, 0.3) is 26.3 Å². The number of benzene rings is 3. The van der Waals surface area contributed by atoms with Gasteiger partial charge in [-0.25, -0.2) is 4.98 Å². The zero-order valence-electron chi connectivity index (χ0n) is 19.4. The quantitative estimate of drug-likeness (QED) is 0.301. The smallest absolute Gasteiger partial charge is 0.283 e. The van der Waals surface area contributed by atoms with Crippen LogP contribution in [-0.2, 0) is 13.1 Å². The van der Waals surface area contributed by atoms with Crippen LogP contribution in [-0.4, -0.2) is 18.9 Å². The average molecular weight is 513 g/mol. The molecular weight excluding hydrogens is 492 g/mol. The monoisotopic (exact) mass is 512 g/mol. The van der Waals surface area contributed by atoms with E-state index in [4.69, 9.17) is 16.6 Å². The fourth-order valence-corrected chi connectivity index (χ4v) is 5.76. The summed E-state index contributed by atoms with van der Waals surface area (Å²) in [5.74, 6) is 0. The highest BCUT2D eigenvalue weighted by Gasteiger charge is 2.22. The molecule has 0 saturated heterocycles. The van der Waals surface area contributed by atoms with Crippen molar-refractivity contribution >= 4 is 44.1 Å². The second-order valence-corrected chi connectivity index (χ2v) is 10.0. The lowest BCUT2D eigenvalue weighted by atomic mass is 10.2. The second-order valence-electron chi connectivity index (χ2n) is 8.63. The van der Waals surface area contributed by atoms with Gasteiger partial charge >= 0.3 is 0 Å². The molecule has 0 unspecified atom stereocenters. The Hall–Kier alpha value is -3.94. The number of aryl methyl sites for hydroxylation is 1. The summed E-state index contributed by atoms with van der Waals surface area (Å²) >= 11 is 7.83. The van der Waals surface area contributed by atoms with E-state index in [9.17, 15) is 9.59 Å². The molecule has 0 atom stereocenters. The fourth-order valence-electron chi connectivity index (χ4n) is 4.59. The van der Waals surface area contributed by atoms with Gasteiger partial charge in [0, 0.05) is 16.8 Å². The number of aromatic nitrogens is 4. The van der Waals surface area contributed by atoms with Crippen LogP contribution in [0, 0.1) is 6.92 Å². The van der Waals surface area contributed by atoms with Gasteiger partial charge in [-0.3, -0.25) is 14.3 Å². The van der Waals surface area contributed by atoms with Crippen molar-refractivity contribution in [1.82, 2.24) is 18.9 Å². The number of halogens is 1. The van der Waals surface area contributed by atoms with Crippen LogP contribution in [0.3, 0.4) is 0 Å². The molecule has 6 rings (SSSR count). The predicted molar refractivity (Wildman–Crippen MR) is 146 cm³/mol. The molecule has 3 aromatic carbocycles. The SMILES string of the molecule is Cc1c2c(=O)n(-c3nc4ccccc4s3)n(Cc3ccccc3)c2cc(=O)n1Cc1ccccc1Cl.